The zero-order valence-electron chi connectivity index (χ0n) is 13.3. The van der Waals surface area contributed by atoms with Crippen LogP contribution in [0.25, 0.3) is 0 Å². The standard InChI is InChI=1S/C17H26F2N2/c1-4-20-16(17(21(2)3)10-5-6-11-17)12-13-14(18)8-7-9-15(13)19/h7-9,16,20H,4-6,10-12H2,1-3H3. The third kappa shape index (κ3) is 3.27. The van der Waals surface area contributed by atoms with Crippen LogP contribution in [0, 0.1) is 11.6 Å². The summed E-state index contributed by atoms with van der Waals surface area (Å²) >= 11 is 0. The first-order valence-electron chi connectivity index (χ1n) is 7.85. The molecular weight excluding hydrogens is 270 g/mol. The summed E-state index contributed by atoms with van der Waals surface area (Å²) in [5.41, 5.74) is 0.196. The van der Waals surface area contributed by atoms with Crippen molar-refractivity contribution < 1.29 is 8.78 Å². The van der Waals surface area contributed by atoms with Crippen LogP contribution in [0.1, 0.15) is 38.2 Å². The van der Waals surface area contributed by atoms with Gasteiger partial charge >= 0.3 is 0 Å². The van der Waals surface area contributed by atoms with Gasteiger partial charge in [-0.2, -0.15) is 0 Å². The molecule has 0 saturated heterocycles. The van der Waals surface area contributed by atoms with Crippen LogP contribution in [0.2, 0.25) is 0 Å². The molecule has 21 heavy (non-hydrogen) atoms. The van der Waals surface area contributed by atoms with Crippen LogP contribution in [-0.2, 0) is 6.42 Å². The minimum atomic E-state index is -0.440. The van der Waals surface area contributed by atoms with E-state index in [9.17, 15) is 8.78 Å². The molecule has 0 heterocycles. The zero-order chi connectivity index (χ0) is 15.5. The molecule has 0 aliphatic heterocycles. The molecule has 1 fully saturated rings. The number of hydrogen-bond donors (Lipinski definition) is 1. The molecule has 1 aromatic carbocycles. The van der Waals surface area contributed by atoms with Crippen LogP contribution >= 0.6 is 0 Å². The van der Waals surface area contributed by atoms with E-state index in [1.807, 2.05) is 6.92 Å². The summed E-state index contributed by atoms with van der Waals surface area (Å²) in [6.07, 6.45) is 4.91. The fraction of sp³-hybridized carbons (Fsp3) is 0.647. The first kappa shape index (κ1) is 16.4. The number of nitrogens with one attached hydrogen (secondary N) is 1. The SMILES string of the molecule is CCNC(Cc1c(F)cccc1F)C1(N(C)C)CCCC1. The van der Waals surface area contributed by atoms with Gasteiger partial charge in [0.2, 0.25) is 0 Å². The molecule has 0 spiro atoms. The van der Waals surface area contributed by atoms with Gasteiger partial charge in [-0.15, -0.1) is 0 Å². The largest absolute Gasteiger partial charge is 0.312 e. The molecule has 118 valence electrons. The van der Waals surface area contributed by atoms with Crippen molar-refractivity contribution in [2.45, 2.75) is 50.6 Å². The third-order valence-corrected chi connectivity index (χ3v) is 4.93. The van der Waals surface area contributed by atoms with E-state index in [2.05, 4.69) is 24.3 Å². The molecule has 0 aromatic heterocycles. The summed E-state index contributed by atoms with van der Waals surface area (Å²) in [6.45, 7) is 2.85. The molecule has 4 heteroatoms. The number of likely N-dealkylation sites (N-methyl/N-ethyl adjacent to an activating group) is 2. The van der Waals surface area contributed by atoms with E-state index in [1.54, 1.807) is 0 Å². The van der Waals surface area contributed by atoms with Gasteiger partial charge in [0.1, 0.15) is 11.6 Å². The van der Waals surface area contributed by atoms with E-state index in [-0.39, 0.29) is 17.1 Å². The fourth-order valence-corrected chi connectivity index (χ4v) is 3.72. The van der Waals surface area contributed by atoms with Gasteiger partial charge in [0.05, 0.1) is 0 Å². The Morgan fingerprint density at radius 1 is 1.19 bits per heavy atom. The smallest absolute Gasteiger partial charge is 0.129 e. The van der Waals surface area contributed by atoms with Crippen molar-refractivity contribution in [1.82, 2.24) is 10.2 Å². The van der Waals surface area contributed by atoms with Crippen molar-refractivity contribution in [1.29, 1.82) is 0 Å². The Bertz CT molecular complexity index is 448. The van der Waals surface area contributed by atoms with E-state index in [0.29, 0.717) is 6.42 Å². The van der Waals surface area contributed by atoms with Gasteiger partial charge in [-0.3, -0.25) is 0 Å². The number of rotatable bonds is 6. The quantitative estimate of drug-likeness (QED) is 0.866. The predicted molar refractivity (Wildman–Crippen MR) is 82.4 cm³/mol. The van der Waals surface area contributed by atoms with E-state index in [1.165, 1.54) is 31.0 Å². The Balaban J connectivity index is 2.30. The van der Waals surface area contributed by atoms with Crippen LogP contribution in [0.15, 0.2) is 18.2 Å². The van der Waals surface area contributed by atoms with Crippen molar-refractivity contribution in [3.05, 3.63) is 35.4 Å². The predicted octanol–water partition coefficient (Wildman–Crippen LogP) is 3.36. The molecule has 0 amide bonds. The lowest BCUT2D eigenvalue weighted by Gasteiger charge is -2.44. The monoisotopic (exact) mass is 296 g/mol. The van der Waals surface area contributed by atoms with Gasteiger partial charge in [-0.05, 0) is 52.0 Å². The highest BCUT2D eigenvalue weighted by atomic mass is 19.1. The van der Waals surface area contributed by atoms with Gasteiger partial charge in [0.15, 0.2) is 0 Å². The summed E-state index contributed by atoms with van der Waals surface area (Å²) in [5, 5.41) is 3.47. The van der Waals surface area contributed by atoms with Gasteiger partial charge < -0.3 is 10.2 Å². The number of benzene rings is 1. The highest BCUT2D eigenvalue weighted by molar-refractivity contribution is 5.22. The normalized spacial score (nSPS) is 19.1. The summed E-state index contributed by atoms with van der Waals surface area (Å²) in [6, 6.07) is 4.18. The lowest BCUT2D eigenvalue weighted by Crippen LogP contribution is -2.58. The lowest BCUT2D eigenvalue weighted by molar-refractivity contribution is 0.104. The van der Waals surface area contributed by atoms with Crippen molar-refractivity contribution in [3.63, 3.8) is 0 Å². The van der Waals surface area contributed by atoms with Gasteiger partial charge in [-0.1, -0.05) is 25.8 Å². The molecule has 1 aromatic rings. The second kappa shape index (κ2) is 6.84. The number of halogens is 2. The Labute approximate surface area is 126 Å². The zero-order valence-corrected chi connectivity index (χ0v) is 13.3. The van der Waals surface area contributed by atoms with Gasteiger partial charge in [0.25, 0.3) is 0 Å². The first-order valence-corrected chi connectivity index (χ1v) is 7.85. The Hall–Kier alpha value is -1.00. The van der Waals surface area contributed by atoms with Crippen LogP contribution in [-0.4, -0.2) is 37.1 Å². The van der Waals surface area contributed by atoms with Crippen LogP contribution in [0.4, 0.5) is 8.78 Å². The molecule has 0 radical (unpaired) electrons. The average molecular weight is 296 g/mol. The highest BCUT2D eigenvalue weighted by Crippen LogP contribution is 2.38. The molecule has 1 atom stereocenters. The molecule has 1 N–H and O–H groups in total. The topological polar surface area (TPSA) is 15.3 Å². The van der Waals surface area contributed by atoms with Gasteiger partial charge in [-0.25, -0.2) is 8.78 Å². The lowest BCUT2D eigenvalue weighted by atomic mass is 9.82. The highest BCUT2D eigenvalue weighted by Gasteiger charge is 2.43. The summed E-state index contributed by atoms with van der Waals surface area (Å²) in [5.74, 6) is -0.880. The average Bonchev–Trinajstić information content (AvgIpc) is 2.92. The van der Waals surface area contributed by atoms with Crippen LogP contribution in [0.3, 0.4) is 0 Å². The van der Waals surface area contributed by atoms with E-state index in [4.69, 9.17) is 0 Å². The second-order valence-corrected chi connectivity index (χ2v) is 6.22. The molecule has 1 aliphatic carbocycles. The van der Waals surface area contributed by atoms with Crippen molar-refractivity contribution in [2.24, 2.45) is 0 Å². The number of hydrogen-bond acceptors (Lipinski definition) is 2. The van der Waals surface area contributed by atoms with Crippen molar-refractivity contribution in [3.8, 4) is 0 Å². The molecule has 2 rings (SSSR count). The molecule has 1 aliphatic rings. The third-order valence-electron chi connectivity index (χ3n) is 4.93. The van der Waals surface area contributed by atoms with Crippen LogP contribution in [0.5, 0.6) is 0 Å². The molecule has 1 saturated carbocycles. The Kier molecular flexibility index (Phi) is 5.33. The molecule has 0 bridgehead atoms. The molecule has 1 unspecified atom stereocenters. The summed E-state index contributed by atoms with van der Waals surface area (Å²) < 4.78 is 28.0. The molecular formula is C17H26F2N2. The van der Waals surface area contributed by atoms with Crippen molar-refractivity contribution >= 4 is 0 Å². The summed E-state index contributed by atoms with van der Waals surface area (Å²) in [4.78, 5) is 2.24. The van der Waals surface area contributed by atoms with E-state index < -0.39 is 11.6 Å². The van der Waals surface area contributed by atoms with Crippen molar-refractivity contribution in [2.75, 3.05) is 20.6 Å². The molecule has 2 nitrogen and oxygen atoms in total. The maximum Gasteiger partial charge on any atom is 0.129 e. The second-order valence-electron chi connectivity index (χ2n) is 6.22. The number of nitrogens with zero attached hydrogens (tertiary/aromatic N) is 1. The van der Waals surface area contributed by atoms with Gasteiger partial charge in [0, 0.05) is 17.1 Å². The minimum Gasteiger partial charge on any atom is -0.312 e. The minimum absolute atomic E-state index is 0.00920. The fourth-order valence-electron chi connectivity index (χ4n) is 3.72. The Morgan fingerprint density at radius 3 is 2.24 bits per heavy atom. The summed E-state index contributed by atoms with van der Waals surface area (Å²) in [7, 11) is 4.15. The van der Waals surface area contributed by atoms with Crippen LogP contribution < -0.4 is 5.32 Å². The maximum absolute atomic E-state index is 14.0. The maximum atomic E-state index is 14.0. The van der Waals surface area contributed by atoms with E-state index in [0.717, 1.165) is 19.4 Å². The van der Waals surface area contributed by atoms with E-state index >= 15 is 0 Å². The Morgan fingerprint density at radius 2 is 1.76 bits per heavy atom. The first-order chi connectivity index (χ1) is 10.0.